The Kier molecular flexibility index (Phi) is 6.00. The molecule has 10 heteroatoms. The third-order valence-electron chi connectivity index (χ3n) is 4.73. The number of rotatable bonds is 5. The van der Waals surface area contributed by atoms with E-state index in [1.54, 1.807) is 12.3 Å². The van der Waals surface area contributed by atoms with Crippen molar-refractivity contribution in [3.8, 4) is 0 Å². The molecule has 4 rings (SSSR count). The summed E-state index contributed by atoms with van der Waals surface area (Å²) in [6, 6.07) is 6.15. The summed E-state index contributed by atoms with van der Waals surface area (Å²) in [4.78, 5) is 16.4. The van der Waals surface area contributed by atoms with Crippen molar-refractivity contribution in [1.29, 1.82) is 0 Å². The molecule has 152 valence electrons. The molecule has 4 N–H and O–H groups in total. The highest BCUT2D eigenvalue weighted by atomic mass is 35.5. The number of hydroxylamine groups is 1. The maximum atomic E-state index is 13.4. The number of hydrogen-bond acceptors (Lipinski definition) is 6. The van der Waals surface area contributed by atoms with Gasteiger partial charge in [0.25, 0.3) is 0 Å². The number of hydrogen-bond donors (Lipinski definition) is 4. The summed E-state index contributed by atoms with van der Waals surface area (Å²) in [6.45, 7) is 2.09. The van der Waals surface area contributed by atoms with Crippen molar-refractivity contribution in [3.05, 3.63) is 52.7 Å². The SMILES string of the molecule is ONC(=Nc1ccc(F)c(Cl)c1)c1ccnc2nc(CNC3CCOCC3)[nH]c12. The Morgan fingerprint density at radius 2 is 2.17 bits per heavy atom. The van der Waals surface area contributed by atoms with Crippen LogP contribution in [0.25, 0.3) is 11.2 Å². The van der Waals surface area contributed by atoms with Crippen molar-refractivity contribution < 1.29 is 14.3 Å². The molecule has 0 saturated carbocycles. The van der Waals surface area contributed by atoms with Crippen molar-refractivity contribution in [1.82, 2.24) is 25.7 Å². The average Bonchev–Trinajstić information content (AvgIpc) is 3.17. The minimum absolute atomic E-state index is 0.0496. The molecule has 3 aromatic rings. The molecule has 0 unspecified atom stereocenters. The van der Waals surface area contributed by atoms with Gasteiger partial charge in [0.2, 0.25) is 0 Å². The molecule has 0 radical (unpaired) electrons. The minimum Gasteiger partial charge on any atom is -0.381 e. The maximum Gasteiger partial charge on any atom is 0.178 e. The Morgan fingerprint density at radius 3 is 2.93 bits per heavy atom. The fourth-order valence-electron chi connectivity index (χ4n) is 3.21. The van der Waals surface area contributed by atoms with Crippen LogP contribution in [-0.2, 0) is 11.3 Å². The van der Waals surface area contributed by atoms with Crippen LogP contribution in [0.1, 0.15) is 24.2 Å². The lowest BCUT2D eigenvalue weighted by Crippen LogP contribution is -2.34. The van der Waals surface area contributed by atoms with Crippen molar-refractivity contribution in [2.24, 2.45) is 4.99 Å². The predicted octanol–water partition coefficient (Wildman–Crippen LogP) is 3.08. The zero-order chi connectivity index (χ0) is 20.2. The zero-order valence-corrected chi connectivity index (χ0v) is 16.2. The Labute approximate surface area is 171 Å². The van der Waals surface area contributed by atoms with Crippen LogP contribution in [0.5, 0.6) is 0 Å². The summed E-state index contributed by atoms with van der Waals surface area (Å²) in [6.07, 6.45) is 3.52. The van der Waals surface area contributed by atoms with E-state index in [0.717, 1.165) is 31.9 Å². The van der Waals surface area contributed by atoms with Crippen LogP contribution < -0.4 is 10.8 Å². The van der Waals surface area contributed by atoms with E-state index in [0.29, 0.717) is 35.0 Å². The molecule has 0 bridgehead atoms. The van der Waals surface area contributed by atoms with Crippen LogP contribution in [0, 0.1) is 5.82 Å². The molecule has 1 fully saturated rings. The summed E-state index contributed by atoms with van der Waals surface area (Å²) in [7, 11) is 0. The lowest BCUT2D eigenvalue weighted by molar-refractivity contribution is 0.0774. The van der Waals surface area contributed by atoms with Crippen LogP contribution in [0.3, 0.4) is 0 Å². The number of aromatic amines is 1. The van der Waals surface area contributed by atoms with Crippen molar-refractivity contribution in [3.63, 3.8) is 0 Å². The normalized spacial score (nSPS) is 15.8. The number of benzene rings is 1. The number of imidazole rings is 1. The molecular formula is C19H20ClFN6O2. The Bertz CT molecular complexity index is 1030. The van der Waals surface area contributed by atoms with E-state index in [4.69, 9.17) is 16.3 Å². The van der Waals surface area contributed by atoms with Gasteiger partial charge in [0.15, 0.2) is 11.5 Å². The summed E-state index contributed by atoms with van der Waals surface area (Å²) in [5, 5.41) is 13.1. The number of ether oxygens (including phenoxy) is 1. The van der Waals surface area contributed by atoms with Gasteiger partial charge in [-0.15, -0.1) is 0 Å². The van der Waals surface area contributed by atoms with E-state index in [2.05, 4.69) is 30.7 Å². The van der Waals surface area contributed by atoms with E-state index in [1.807, 2.05) is 0 Å². The van der Waals surface area contributed by atoms with E-state index >= 15 is 0 Å². The van der Waals surface area contributed by atoms with E-state index in [1.165, 1.54) is 18.2 Å². The number of halogens is 2. The molecule has 1 aliphatic rings. The first kappa shape index (κ1) is 19.7. The quantitative estimate of drug-likeness (QED) is 0.288. The van der Waals surface area contributed by atoms with Crippen LogP contribution in [0.2, 0.25) is 5.02 Å². The van der Waals surface area contributed by atoms with Gasteiger partial charge in [-0.1, -0.05) is 11.6 Å². The highest BCUT2D eigenvalue weighted by molar-refractivity contribution is 6.31. The van der Waals surface area contributed by atoms with E-state index in [9.17, 15) is 9.60 Å². The van der Waals surface area contributed by atoms with Gasteiger partial charge in [0.05, 0.1) is 22.8 Å². The summed E-state index contributed by atoms with van der Waals surface area (Å²) in [5.41, 5.74) is 4.19. The highest BCUT2D eigenvalue weighted by Crippen LogP contribution is 2.23. The Hall–Kier alpha value is -2.59. The molecule has 0 aliphatic carbocycles. The first-order valence-corrected chi connectivity index (χ1v) is 9.61. The first-order valence-electron chi connectivity index (χ1n) is 9.23. The fraction of sp³-hybridized carbons (Fsp3) is 0.316. The second-order valence-electron chi connectivity index (χ2n) is 6.68. The molecule has 0 amide bonds. The van der Waals surface area contributed by atoms with Gasteiger partial charge in [-0.25, -0.2) is 19.4 Å². The summed E-state index contributed by atoms with van der Waals surface area (Å²) >= 11 is 5.82. The van der Waals surface area contributed by atoms with Crippen LogP contribution in [0.15, 0.2) is 35.5 Å². The molecule has 29 heavy (non-hydrogen) atoms. The number of H-pyrrole nitrogens is 1. The zero-order valence-electron chi connectivity index (χ0n) is 15.5. The highest BCUT2D eigenvalue weighted by Gasteiger charge is 2.16. The van der Waals surface area contributed by atoms with Gasteiger partial charge in [-0.2, -0.15) is 0 Å². The Morgan fingerprint density at radius 1 is 1.34 bits per heavy atom. The fourth-order valence-corrected chi connectivity index (χ4v) is 3.39. The van der Waals surface area contributed by atoms with Crippen molar-refractivity contribution >= 4 is 34.3 Å². The number of pyridine rings is 1. The van der Waals surface area contributed by atoms with Crippen molar-refractivity contribution in [2.75, 3.05) is 13.2 Å². The van der Waals surface area contributed by atoms with Gasteiger partial charge >= 0.3 is 0 Å². The van der Waals surface area contributed by atoms with Gasteiger partial charge in [-0.05, 0) is 37.1 Å². The van der Waals surface area contributed by atoms with Crippen LogP contribution in [0.4, 0.5) is 10.1 Å². The van der Waals surface area contributed by atoms with Crippen LogP contribution >= 0.6 is 11.6 Å². The number of nitrogens with one attached hydrogen (secondary N) is 3. The second kappa shape index (κ2) is 8.83. The minimum atomic E-state index is -0.536. The average molecular weight is 419 g/mol. The molecular weight excluding hydrogens is 399 g/mol. The lowest BCUT2D eigenvalue weighted by atomic mass is 10.1. The standard InChI is InChI=1S/C19H20ClFN6O2/c20-14-9-12(1-2-15(14)21)24-18(27-28)13-3-6-22-19-17(13)25-16(26-19)10-23-11-4-7-29-8-5-11/h1-3,6,9,11,23,28H,4-5,7-8,10H2,(H,24,27)(H,22,25,26). The third kappa shape index (κ3) is 4.54. The molecule has 3 heterocycles. The van der Waals surface area contributed by atoms with Crippen LogP contribution in [-0.4, -0.2) is 45.3 Å². The van der Waals surface area contributed by atoms with Gasteiger partial charge in [-0.3, -0.25) is 10.7 Å². The number of nitrogens with zero attached hydrogens (tertiary/aromatic N) is 3. The molecule has 1 saturated heterocycles. The lowest BCUT2D eigenvalue weighted by Gasteiger charge is -2.22. The second-order valence-corrected chi connectivity index (χ2v) is 7.09. The first-order chi connectivity index (χ1) is 14.1. The molecule has 1 aromatic carbocycles. The predicted molar refractivity (Wildman–Crippen MR) is 107 cm³/mol. The number of amidine groups is 1. The van der Waals surface area contributed by atoms with Gasteiger partial charge in [0, 0.05) is 31.0 Å². The number of aromatic nitrogens is 3. The third-order valence-corrected chi connectivity index (χ3v) is 5.02. The van der Waals surface area contributed by atoms with E-state index in [-0.39, 0.29) is 10.9 Å². The monoisotopic (exact) mass is 418 g/mol. The number of fused-ring (bicyclic) bond motifs is 1. The molecule has 0 atom stereocenters. The summed E-state index contributed by atoms with van der Waals surface area (Å²) < 4.78 is 18.7. The smallest absolute Gasteiger partial charge is 0.178 e. The largest absolute Gasteiger partial charge is 0.381 e. The van der Waals surface area contributed by atoms with Gasteiger partial charge < -0.3 is 15.0 Å². The summed E-state index contributed by atoms with van der Waals surface area (Å²) in [5.74, 6) is 0.354. The molecule has 1 aliphatic heterocycles. The molecule has 8 nitrogen and oxygen atoms in total. The maximum absolute atomic E-state index is 13.4. The number of aliphatic imine (C=N–C) groups is 1. The van der Waals surface area contributed by atoms with Crippen molar-refractivity contribution in [2.45, 2.75) is 25.4 Å². The topological polar surface area (TPSA) is 107 Å². The molecule has 2 aromatic heterocycles. The Balaban J connectivity index is 1.61. The van der Waals surface area contributed by atoms with Gasteiger partial charge in [0.1, 0.15) is 11.6 Å². The molecule has 0 spiro atoms. The van der Waals surface area contributed by atoms with E-state index < -0.39 is 5.82 Å².